The molecule has 4 rings (SSSR count). The lowest BCUT2D eigenvalue weighted by Crippen LogP contribution is -2.13. The number of carbonyl (C=O) groups excluding carboxylic acids is 1. The van der Waals surface area contributed by atoms with Crippen LogP contribution in [-0.2, 0) is 9.47 Å². The normalized spacial score (nSPS) is 20.5. The van der Waals surface area contributed by atoms with Gasteiger partial charge in [-0.1, -0.05) is 60.7 Å². The minimum atomic E-state index is -0.655. The fourth-order valence-corrected chi connectivity index (χ4v) is 2.87. The number of rotatable bonds is 2. The van der Waals surface area contributed by atoms with Crippen molar-refractivity contribution in [1.82, 2.24) is 0 Å². The number of benzene rings is 2. The largest absolute Gasteiger partial charge is 0.510 e. The molecule has 0 spiro atoms. The maximum atomic E-state index is 12.1. The van der Waals surface area contributed by atoms with E-state index in [2.05, 4.69) is 0 Å². The molecule has 2 aromatic rings. The zero-order valence-electron chi connectivity index (χ0n) is 11.8. The third kappa shape index (κ3) is 2.21. The van der Waals surface area contributed by atoms with Gasteiger partial charge in [0, 0.05) is 11.1 Å². The standard InChI is InChI=1S/C19H14O3/c20-19(21-17-11-9-13-5-1-3-7-15(13)17)22-18-12-10-14-6-2-4-8-16(14)18/h1-12,17-18H. The maximum Gasteiger partial charge on any atom is 0.510 e. The lowest BCUT2D eigenvalue weighted by Gasteiger charge is -2.16. The smallest absolute Gasteiger partial charge is 0.422 e. The lowest BCUT2D eigenvalue weighted by atomic mass is 10.1. The highest BCUT2D eigenvalue weighted by molar-refractivity contribution is 5.68. The molecule has 0 fully saturated rings. The topological polar surface area (TPSA) is 35.5 Å². The van der Waals surface area contributed by atoms with Gasteiger partial charge in [-0.3, -0.25) is 0 Å². The van der Waals surface area contributed by atoms with Crippen molar-refractivity contribution in [3.05, 3.63) is 82.9 Å². The monoisotopic (exact) mass is 290 g/mol. The van der Waals surface area contributed by atoms with Crippen molar-refractivity contribution < 1.29 is 14.3 Å². The van der Waals surface area contributed by atoms with Crippen LogP contribution in [-0.4, -0.2) is 6.16 Å². The molecule has 22 heavy (non-hydrogen) atoms. The number of ether oxygens (including phenoxy) is 2. The molecule has 108 valence electrons. The van der Waals surface area contributed by atoms with Crippen molar-refractivity contribution in [2.45, 2.75) is 12.2 Å². The summed E-state index contributed by atoms with van der Waals surface area (Å²) in [5, 5.41) is 0. The molecular formula is C19H14O3. The molecule has 0 amide bonds. The minimum absolute atomic E-state index is 0.371. The molecule has 0 bridgehead atoms. The zero-order valence-corrected chi connectivity index (χ0v) is 11.8. The van der Waals surface area contributed by atoms with E-state index in [1.165, 1.54) is 0 Å². The van der Waals surface area contributed by atoms with Crippen LogP contribution in [0, 0.1) is 0 Å². The number of hydrogen-bond donors (Lipinski definition) is 0. The molecule has 0 N–H and O–H groups in total. The molecule has 0 radical (unpaired) electrons. The van der Waals surface area contributed by atoms with Crippen LogP contribution in [0.3, 0.4) is 0 Å². The van der Waals surface area contributed by atoms with Crippen LogP contribution in [0.4, 0.5) is 4.79 Å². The molecule has 2 aromatic carbocycles. The number of hydrogen-bond acceptors (Lipinski definition) is 3. The van der Waals surface area contributed by atoms with Gasteiger partial charge < -0.3 is 9.47 Å². The van der Waals surface area contributed by atoms with E-state index in [1.54, 1.807) is 0 Å². The summed E-state index contributed by atoms with van der Waals surface area (Å²) in [7, 11) is 0. The van der Waals surface area contributed by atoms with Crippen molar-refractivity contribution in [2.75, 3.05) is 0 Å². The fourth-order valence-electron chi connectivity index (χ4n) is 2.87. The highest BCUT2D eigenvalue weighted by Gasteiger charge is 2.25. The second kappa shape index (κ2) is 5.19. The summed E-state index contributed by atoms with van der Waals surface area (Å²) in [6.07, 6.45) is 6.25. The van der Waals surface area contributed by atoms with E-state index in [4.69, 9.17) is 9.47 Å². The summed E-state index contributed by atoms with van der Waals surface area (Å²) in [5.41, 5.74) is 4.13. The van der Waals surface area contributed by atoms with Crippen molar-refractivity contribution in [2.24, 2.45) is 0 Å². The second-order valence-electron chi connectivity index (χ2n) is 5.30. The highest BCUT2D eigenvalue weighted by atomic mass is 16.7. The lowest BCUT2D eigenvalue weighted by molar-refractivity contribution is 0.0217. The van der Waals surface area contributed by atoms with E-state index in [1.807, 2.05) is 72.8 Å². The first-order chi connectivity index (χ1) is 10.8. The Morgan fingerprint density at radius 2 is 1.18 bits per heavy atom. The first kappa shape index (κ1) is 12.9. The Labute approximate surface area is 128 Å². The fraction of sp³-hybridized carbons (Fsp3) is 0.105. The average molecular weight is 290 g/mol. The van der Waals surface area contributed by atoms with Gasteiger partial charge >= 0.3 is 6.16 Å². The van der Waals surface area contributed by atoms with Crippen molar-refractivity contribution in [3.63, 3.8) is 0 Å². The van der Waals surface area contributed by atoms with Gasteiger partial charge in [0.15, 0.2) is 0 Å². The quantitative estimate of drug-likeness (QED) is 0.754. The van der Waals surface area contributed by atoms with Gasteiger partial charge in [0.1, 0.15) is 12.2 Å². The van der Waals surface area contributed by atoms with E-state index in [-0.39, 0.29) is 12.2 Å². The Hall–Kier alpha value is -2.81. The Morgan fingerprint density at radius 1 is 0.727 bits per heavy atom. The SMILES string of the molecule is O=C(OC1C=Cc2ccccc21)OC1C=Cc2ccccc21. The van der Waals surface area contributed by atoms with Crippen LogP contribution in [0.25, 0.3) is 12.2 Å². The van der Waals surface area contributed by atoms with Crippen molar-refractivity contribution >= 4 is 18.3 Å². The molecule has 2 aliphatic carbocycles. The molecule has 0 heterocycles. The first-order valence-electron chi connectivity index (χ1n) is 7.23. The van der Waals surface area contributed by atoms with E-state index in [0.717, 1.165) is 22.3 Å². The maximum absolute atomic E-state index is 12.1. The third-order valence-corrected chi connectivity index (χ3v) is 3.95. The zero-order chi connectivity index (χ0) is 14.9. The molecular weight excluding hydrogens is 276 g/mol. The molecule has 0 saturated heterocycles. The molecule has 0 saturated carbocycles. The van der Waals surface area contributed by atoms with Crippen LogP contribution in [0.1, 0.15) is 34.5 Å². The third-order valence-electron chi connectivity index (χ3n) is 3.95. The van der Waals surface area contributed by atoms with Gasteiger partial charge in [0.05, 0.1) is 0 Å². The summed E-state index contributed by atoms with van der Waals surface area (Å²) in [6.45, 7) is 0. The van der Waals surface area contributed by atoms with Crippen LogP contribution in [0.5, 0.6) is 0 Å². The van der Waals surface area contributed by atoms with Gasteiger partial charge in [-0.15, -0.1) is 0 Å². The Bertz CT molecular complexity index is 723. The van der Waals surface area contributed by atoms with Gasteiger partial charge in [0.25, 0.3) is 0 Å². The van der Waals surface area contributed by atoms with E-state index in [9.17, 15) is 4.79 Å². The summed E-state index contributed by atoms with van der Waals surface area (Å²) >= 11 is 0. The first-order valence-corrected chi connectivity index (χ1v) is 7.23. The second-order valence-corrected chi connectivity index (χ2v) is 5.30. The Kier molecular flexibility index (Phi) is 3.04. The predicted octanol–water partition coefficient (Wildman–Crippen LogP) is 4.68. The van der Waals surface area contributed by atoms with E-state index >= 15 is 0 Å². The highest BCUT2D eigenvalue weighted by Crippen LogP contribution is 2.34. The van der Waals surface area contributed by atoms with Gasteiger partial charge in [-0.25, -0.2) is 4.79 Å². The predicted molar refractivity (Wildman–Crippen MR) is 84.0 cm³/mol. The molecule has 2 unspecified atom stereocenters. The van der Waals surface area contributed by atoms with E-state index in [0.29, 0.717) is 0 Å². The summed E-state index contributed by atoms with van der Waals surface area (Å²) in [5.74, 6) is 0. The molecule has 0 aromatic heterocycles. The molecule has 0 aliphatic heterocycles. The van der Waals surface area contributed by atoms with Crippen LogP contribution in [0.15, 0.2) is 60.7 Å². The Balaban J connectivity index is 1.45. The average Bonchev–Trinajstić information content (AvgIpc) is 3.13. The summed E-state index contributed by atoms with van der Waals surface area (Å²) in [6, 6.07) is 15.7. The number of fused-ring (bicyclic) bond motifs is 2. The summed E-state index contributed by atoms with van der Waals surface area (Å²) < 4.78 is 10.9. The van der Waals surface area contributed by atoms with Crippen LogP contribution < -0.4 is 0 Å². The molecule has 2 aliphatic rings. The van der Waals surface area contributed by atoms with Crippen LogP contribution in [0.2, 0.25) is 0 Å². The number of carbonyl (C=O) groups is 1. The van der Waals surface area contributed by atoms with E-state index < -0.39 is 6.16 Å². The molecule has 3 nitrogen and oxygen atoms in total. The molecule has 3 heteroatoms. The van der Waals surface area contributed by atoms with Crippen LogP contribution >= 0.6 is 0 Å². The minimum Gasteiger partial charge on any atom is -0.422 e. The van der Waals surface area contributed by atoms with Crippen molar-refractivity contribution in [3.8, 4) is 0 Å². The van der Waals surface area contributed by atoms with Gasteiger partial charge in [-0.2, -0.15) is 0 Å². The Morgan fingerprint density at radius 3 is 1.68 bits per heavy atom. The van der Waals surface area contributed by atoms with Gasteiger partial charge in [-0.05, 0) is 23.3 Å². The summed E-state index contributed by atoms with van der Waals surface area (Å²) in [4.78, 5) is 12.1. The van der Waals surface area contributed by atoms with Gasteiger partial charge in [0.2, 0.25) is 0 Å². The molecule has 2 atom stereocenters. The van der Waals surface area contributed by atoms with Crippen molar-refractivity contribution in [1.29, 1.82) is 0 Å².